The average Bonchev–Trinajstić information content (AvgIpc) is 2.30. The van der Waals surface area contributed by atoms with Gasteiger partial charge in [-0.1, -0.05) is 43.7 Å². The van der Waals surface area contributed by atoms with Gasteiger partial charge < -0.3 is 5.11 Å². The van der Waals surface area contributed by atoms with Crippen LogP contribution in [0.4, 0.5) is 0 Å². The van der Waals surface area contributed by atoms with Crippen LogP contribution in [0.2, 0.25) is 0 Å². The third kappa shape index (κ3) is 2.91. The molecule has 1 aromatic carbocycles. The van der Waals surface area contributed by atoms with E-state index in [2.05, 4.69) is 6.07 Å². The van der Waals surface area contributed by atoms with E-state index >= 15 is 0 Å². The Morgan fingerprint density at radius 2 is 1.94 bits per heavy atom. The zero-order chi connectivity index (χ0) is 13.8. The molecule has 0 spiro atoms. The van der Waals surface area contributed by atoms with Crippen LogP contribution in [0.25, 0.3) is 0 Å². The molecule has 0 aliphatic carbocycles. The molecule has 3 nitrogen and oxygen atoms in total. The van der Waals surface area contributed by atoms with Crippen molar-refractivity contribution in [2.45, 2.75) is 45.7 Å². The van der Waals surface area contributed by atoms with Crippen molar-refractivity contribution in [3.8, 4) is 0 Å². The van der Waals surface area contributed by atoms with Crippen LogP contribution in [0.3, 0.4) is 0 Å². The van der Waals surface area contributed by atoms with Crippen molar-refractivity contribution in [2.75, 3.05) is 7.05 Å². The van der Waals surface area contributed by atoms with Gasteiger partial charge >= 0.3 is 5.97 Å². The van der Waals surface area contributed by atoms with Gasteiger partial charge in [0.05, 0.1) is 0 Å². The van der Waals surface area contributed by atoms with Gasteiger partial charge in [-0.3, -0.25) is 9.69 Å². The largest absolute Gasteiger partial charge is 0.480 e. The lowest BCUT2D eigenvalue weighted by atomic mass is 9.90. The van der Waals surface area contributed by atoms with Gasteiger partial charge in [0.15, 0.2) is 0 Å². The summed E-state index contributed by atoms with van der Waals surface area (Å²) >= 11 is 0. The van der Waals surface area contributed by atoms with Gasteiger partial charge in [-0.15, -0.1) is 0 Å². The molecule has 0 aliphatic rings. The lowest BCUT2D eigenvalue weighted by Gasteiger charge is -2.37. The number of rotatable bonds is 6. The van der Waals surface area contributed by atoms with Crippen LogP contribution >= 0.6 is 0 Å². The molecule has 0 saturated carbocycles. The predicted molar refractivity (Wildman–Crippen MR) is 73.6 cm³/mol. The number of carboxylic acid groups (broad SMARTS) is 1. The molecule has 0 unspecified atom stereocenters. The van der Waals surface area contributed by atoms with E-state index < -0.39 is 11.5 Å². The van der Waals surface area contributed by atoms with Gasteiger partial charge in [0.25, 0.3) is 0 Å². The Bertz CT molecular complexity index is 411. The van der Waals surface area contributed by atoms with Crippen molar-refractivity contribution in [3.05, 3.63) is 35.4 Å². The van der Waals surface area contributed by atoms with Crippen LogP contribution < -0.4 is 0 Å². The number of aryl methyl sites for hydroxylation is 1. The summed E-state index contributed by atoms with van der Waals surface area (Å²) in [4.78, 5) is 13.5. The number of nitrogens with zero attached hydrogens (tertiary/aromatic N) is 1. The summed E-state index contributed by atoms with van der Waals surface area (Å²) < 4.78 is 0. The quantitative estimate of drug-likeness (QED) is 0.842. The van der Waals surface area contributed by atoms with Gasteiger partial charge in [-0.05, 0) is 32.4 Å². The minimum absolute atomic E-state index is 0.612. The summed E-state index contributed by atoms with van der Waals surface area (Å²) in [6.07, 6.45) is 1.22. The van der Waals surface area contributed by atoms with Gasteiger partial charge in [0, 0.05) is 6.54 Å². The maximum Gasteiger partial charge on any atom is 0.324 e. The molecule has 1 aromatic rings. The molecule has 18 heavy (non-hydrogen) atoms. The molecule has 0 atom stereocenters. The summed E-state index contributed by atoms with van der Waals surface area (Å²) in [6, 6.07) is 8.21. The van der Waals surface area contributed by atoms with E-state index in [1.54, 1.807) is 0 Å². The first-order valence-corrected chi connectivity index (χ1v) is 6.46. The second-order valence-corrected chi connectivity index (χ2v) is 4.89. The van der Waals surface area contributed by atoms with E-state index in [1.807, 2.05) is 50.9 Å². The fourth-order valence-corrected chi connectivity index (χ4v) is 2.49. The summed E-state index contributed by atoms with van der Waals surface area (Å²) in [5.41, 5.74) is 1.60. The van der Waals surface area contributed by atoms with E-state index in [0.717, 1.165) is 5.56 Å². The summed E-state index contributed by atoms with van der Waals surface area (Å²) in [6.45, 7) is 6.58. The molecular formula is C15H23NO2. The predicted octanol–water partition coefficient (Wildman–Crippen LogP) is 3.07. The minimum atomic E-state index is -0.760. The van der Waals surface area contributed by atoms with E-state index in [-0.39, 0.29) is 0 Å². The average molecular weight is 249 g/mol. The number of hydrogen-bond donors (Lipinski definition) is 1. The first-order valence-electron chi connectivity index (χ1n) is 6.46. The summed E-state index contributed by atoms with van der Waals surface area (Å²) in [5.74, 6) is -0.734. The third-order valence-electron chi connectivity index (χ3n) is 3.80. The summed E-state index contributed by atoms with van der Waals surface area (Å²) in [7, 11) is 1.89. The van der Waals surface area contributed by atoms with Gasteiger partial charge in [-0.2, -0.15) is 0 Å². The van der Waals surface area contributed by atoms with Gasteiger partial charge in [0.1, 0.15) is 5.54 Å². The van der Waals surface area contributed by atoms with E-state index in [4.69, 9.17) is 0 Å². The van der Waals surface area contributed by atoms with Crippen LogP contribution in [-0.4, -0.2) is 28.6 Å². The Balaban J connectivity index is 2.92. The number of aliphatic carboxylic acids is 1. The Kier molecular flexibility index (Phi) is 4.91. The maximum atomic E-state index is 11.5. The molecule has 0 aromatic heterocycles. The maximum absolute atomic E-state index is 11.5. The first-order chi connectivity index (χ1) is 8.46. The highest BCUT2D eigenvalue weighted by Gasteiger charge is 2.38. The fraction of sp³-hybridized carbons (Fsp3) is 0.533. The van der Waals surface area contributed by atoms with Crippen molar-refractivity contribution in [2.24, 2.45) is 0 Å². The lowest BCUT2D eigenvalue weighted by molar-refractivity contribution is -0.151. The highest BCUT2D eigenvalue weighted by molar-refractivity contribution is 5.78. The molecule has 0 amide bonds. The van der Waals surface area contributed by atoms with Crippen LogP contribution in [-0.2, 0) is 11.3 Å². The summed E-state index contributed by atoms with van der Waals surface area (Å²) in [5, 5.41) is 9.49. The number of hydrogen-bond acceptors (Lipinski definition) is 2. The third-order valence-corrected chi connectivity index (χ3v) is 3.80. The molecule has 0 aliphatic heterocycles. The Morgan fingerprint density at radius 3 is 2.39 bits per heavy atom. The molecule has 3 heteroatoms. The smallest absolute Gasteiger partial charge is 0.324 e. The molecular weight excluding hydrogens is 226 g/mol. The minimum Gasteiger partial charge on any atom is -0.480 e. The van der Waals surface area contributed by atoms with Gasteiger partial charge in [-0.25, -0.2) is 0 Å². The van der Waals surface area contributed by atoms with E-state index in [0.29, 0.717) is 19.4 Å². The normalized spacial score (nSPS) is 11.8. The fourth-order valence-electron chi connectivity index (χ4n) is 2.49. The molecule has 0 radical (unpaired) electrons. The SMILES string of the molecule is CCC(CC)(C(=O)O)N(C)Cc1cccc(C)c1. The molecule has 0 bridgehead atoms. The number of carbonyl (C=O) groups is 1. The first kappa shape index (κ1) is 14.7. The molecule has 0 fully saturated rings. The van der Waals surface area contributed by atoms with Crippen LogP contribution in [0.5, 0.6) is 0 Å². The lowest BCUT2D eigenvalue weighted by Crippen LogP contribution is -2.51. The topological polar surface area (TPSA) is 40.5 Å². The second kappa shape index (κ2) is 6.01. The molecule has 1 rings (SSSR count). The molecule has 0 saturated heterocycles. The molecule has 1 N–H and O–H groups in total. The zero-order valence-electron chi connectivity index (χ0n) is 11.7. The van der Waals surface area contributed by atoms with Crippen molar-refractivity contribution < 1.29 is 9.90 Å². The zero-order valence-corrected chi connectivity index (χ0v) is 11.7. The monoisotopic (exact) mass is 249 g/mol. The highest BCUT2D eigenvalue weighted by atomic mass is 16.4. The number of carboxylic acids is 1. The molecule has 100 valence electrons. The van der Waals surface area contributed by atoms with E-state index in [1.165, 1.54) is 5.56 Å². The Hall–Kier alpha value is -1.35. The number of benzene rings is 1. The standard InChI is InChI=1S/C15H23NO2/c1-5-15(6-2,14(17)18)16(4)11-13-9-7-8-12(3)10-13/h7-10H,5-6,11H2,1-4H3,(H,17,18). The highest BCUT2D eigenvalue weighted by Crippen LogP contribution is 2.25. The second-order valence-electron chi connectivity index (χ2n) is 4.89. The van der Waals surface area contributed by atoms with E-state index in [9.17, 15) is 9.90 Å². The van der Waals surface area contributed by atoms with Crippen LogP contribution in [0.1, 0.15) is 37.8 Å². The van der Waals surface area contributed by atoms with Crippen LogP contribution in [0.15, 0.2) is 24.3 Å². The van der Waals surface area contributed by atoms with Crippen LogP contribution in [0, 0.1) is 6.92 Å². The Labute approximate surface area is 109 Å². The van der Waals surface area contributed by atoms with Crippen molar-refractivity contribution in [1.82, 2.24) is 4.90 Å². The van der Waals surface area contributed by atoms with Crippen molar-refractivity contribution >= 4 is 5.97 Å². The van der Waals surface area contributed by atoms with Crippen molar-refractivity contribution in [3.63, 3.8) is 0 Å². The molecule has 0 heterocycles. The number of likely N-dealkylation sites (N-methyl/N-ethyl adjacent to an activating group) is 1. The Morgan fingerprint density at radius 1 is 1.33 bits per heavy atom. The van der Waals surface area contributed by atoms with Crippen molar-refractivity contribution in [1.29, 1.82) is 0 Å². The van der Waals surface area contributed by atoms with Gasteiger partial charge in [0.2, 0.25) is 0 Å².